The minimum absolute atomic E-state index is 0.214. The molecule has 0 aliphatic carbocycles. The Labute approximate surface area is 262 Å². The van der Waals surface area contributed by atoms with Crippen molar-refractivity contribution in [1.82, 2.24) is 4.98 Å². The monoisotopic (exact) mass is 613 g/mol. The van der Waals surface area contributed by atoms with Crippen LogP contribution in [0.5, 0.6) is 11.8 Å². The third kappa shape index (κ3) is 8.26. The maximum Gasteiger partial charge on any atom is 0.225 e. The van der Waals surface area contributed by atoms with Gasteiger partial charge in [-0.1, -0.05) is 78.3 Å². The molecule has 226 valence electrons. The van der Waals surface area contributed by atoms with Crippen molar-refractivity contribution in [2.45, 2.75) is 26.1 Å². The van der Waals surface area contributed by atoms with Gasteiger partial charge < -0.3 is 19.7 Å². The number of nitrogens with zero attached hydrogens (tertiary/aromatic N) is 2. The van der Waals surface area contributed by atoms with Crippen LogP contribution in [0.25, 0.3) is 11.1 Å². The summed E-state index contributed by atoms with van der Waals surface area (Å²) in [6, 6.07) is 33.2. The number of anilines is 2. The van der Waals surface area contributed by atoms with Crippen LogP contribution in [-0.4, -0.2) is 25.1 Å². The third-order valence-corrected chi connectivity index (χ3v) is 7.42. The van der Waals surface area contributed by atoms with E-state index in [-0.39, 0.29) is 11.6 Å². The van der Waals surface area contributed by atoms with Gasteiger partial charge in [0, 0.05) is 36.8 Å². The summed E-state index contributed by atoms with van der Waals surface area (Å²) in [7, 11) is 1.69. The van der Waals surface area contributed by atoms with Gasteiger partial charge in [0.15, 0.2) is 0 Å². The van der Waals surface area contributed by atoms with Gasteiger partial charge in [-0.05, 0) is 65.9 Å². The van der Waals surface area contributed by atoms with Gasteiger partial charge in [0.2, 0.25) is 11.8 Å². The molecule has 6 rings (SSSR count). The molecule has 1 fully saturated rings. The first-order valence-electron chi connectivity index (χ1n) is 14.5. The second-order valence-electron chi connectivity index (χ2n) is 10.3. The van der Waals surface area contributed by atoms with Crippen LogP contribution < -0.4 is 19.7 Å². The average molecular weight is 614 g/mol. The van der Waals surface area contributed by atoms with Crippen molar-refractivity contribution in [3.63, 3.8) is 0 Å². The molecule has 0 amide bonds. The summed E-state index contributed by atoms with van der Waals surface area (Å²) in [6.07, 6.45) is 2.31. The minimum Gasteiger partial charge on any atom is -0.473 e. The number of aromatic nitrogens is 1. The first-order valence-corrected chi connectivity index (χ1v) is 14.9. The number of ether oxygens (including phenoxy) is 2. The first-order chi connectivity index (χ1) is 21.5. The standard InChI is InChI=1S/C26H23FN2O2.C10H11ClFN/c1-28-24-14-12-21(16-23(24)27)22-13-15-25(30-17-19-8-4-2-5-9-19)29-26(22)31-18-20-10-6-3-7-11-20;11-8-3-4-10(9(12)7-8)13-5-1-2-6-13/h2-16,28H,17-18H2,1H3;3-4,7H,1-2,5-6H2. The van der Waals surface area contributed by atoms with Crippen molar-refractivity contribution in [1.29, 1.82) is 0 Å². The summed E-state index contributed by atoms with van der Waals surface area (Å²) in [5, 5.41) is 3.29. The van der Waals surface area contributed by atoms with Crippen LogP contribution in [0.2, 0.25) is 5.02 Å². The fourth-order valence-electron chi connectivity index (χ4n) is 4.87. The molecule has 4 aromatic carbocycles. The smallest absolute Gasteiger partial charge is 0.225 e. The molecule has 1 aliphatic rings. The van der Waals surface area contributed by atoms with E-state index in [9.17, 15) is 8.78 Å². The van der Waals surface area contributed by atoms with Gasteiger partial charge in [-0.15, -0.1) is 0 Å². The van der Waals surface area contributed by atoms with Crippen molar-refractivity contribution >= 4 is 23.0 Å². The molecule has 1 aromatic heterocycles. The first kappa shape index (κ1) is 30.8. The molecule has 0 unspecified atom stereocenters. The van der Waals surface area contributed by atoms with E-state index in [0.717, 1.165) is 37.1 Å². The number of halogens is 3. The molecule has 1 saturated heterocycles. The van der Waals surface area contributed by atoms with E-state index >= 15 is 0 Å². The molecular formula is C36H34ClF2N3O2. The fraction of sp³-hybridized carbons (Fsp3) is 0.194. The zero-order valence-corrected chi connectivity index (χ0v) is 25.2. The van der Waals surface area contributed by atoms with Crippen LogP contribution >= 0.6 is 11.6 Å². The van der Waals surface area contributed by atoms with Crippen LogP contribution in [0.1, 0.15) is 24.0 Å². The Morgan fingerprint density at radius 3 is 2.02 bits per heavy atom. The van der Waals surface area contributed by atoms with Crippen LogP contribution in [0.15, 0.2) is 109 Å². The third-order valence-electron chi connectivity index (χ3n) is 7.19. The van der Waals surface area contributed by atoms with Crippen molar-refractivity contribution in [3.8, 4) is 22.9 Å². The molecule has 5 nitrogen and oxygen atoms in total. The number of nitrogens with one attached hydrogen (secondary N) is 1. The van der Waals surface area contributed by atoms with Crippen LogP contribution in [0, 0.1) is 11.6 Å². The van der Waals surface area contributed by atoms with Gasteiger partial charge in [0.05, 0.1) is 11.4 Å². The summed E-state index contributed by atoms with van der Waals surface area (Å²) in [5.41, 5.74) is 4.56. The van der Waals surface area contributed by atoms with Crippen LogP contribution in [0.4, 0.5) is 20.2 Å². The lowest BCUT2D eigenvalue weighted by atomic mass is 10.1. The number of hydrogen-bond acceptors (Lipinski definition) is 5. The zero-order valence-electron chi connectivity index (χ0n) is 24.5. The highest BCUT2D eigenvalue weighted by molar-refractivity contribution is 6.30. The van der Waals surface area contributed by atoms with Gasteiger partial charge >= 0.3 is 0 Å². The molecule has 0 saturated carbocycles. The van der Waals surface area contributed by atoms with E-state index in [2.05, 4.69) is 15.2 Å². The lowest BCUT2D eigenvalue weighted by Crippen LogP contribution is -2.18. The Morgan fingerprint density at radius 1 is 0.750 bits per heavy atom. The van der Waals surface area contributed by atoms with Crippen LogP contribution in [0.3, 0.4) is 0 Å². The van der Waals surface area contributed by atoms with E-state index in [1.54, 1.807) is 31.3 Å². The highest BCUT2D eigenvalue weighted by atomic mass is 35.5. The Balaban J connectivity index is 0.000000245. The molecule has 8 heteroatoms. The number of pyridine rings is 1. The molecule has 1 N–H and O–H groups in total. The molecule has 5 aromatic rings. The fourth-order valence-corrected chi connectivity index (χ4v) is 5.03. The lowest BCUT2D eigenvalue weighted by Gasteiger charge is -2.17. The second-order valence-corrected chi connectivity index (χ2v) is 10.7. The largest absolute Gasteiger partial charge is 0.473 e. The molecule has 0 radical (unpaired) electrons. The summed E-state index contributed by atoms with van der Waals surface area (Å²) < 4.78 is 39.6. The molecule has 44 heavy (non-hydrogen) atoms. The average Bonchev–Trinajstić information content (AvgIpc) is 3.59. The van der Waals surface area contributed by atoms with E-state index in [1.807, 2.05) is 72.8 Å². The summed E-state index contributed by atoms with van der Waals surface area (Å²) >= 11 is 5.67. The number of benzene rings is 4. The maximum absolute atomic E-state index is 14.4. The Kier molecular flexibility index (Phi) is 10.7. The van der Waals surface area contributed by atoms with E-state index in [0.29, 0.717) is 52.5 Å². The van der Waals surface area contributed by atoms with Gasteiger partial charge in [0.1, 0.15) is 24.8 Å². The Bertz CT molecular complexity index is 1650. The van der Waals surface area contributed by atoms with Gasteiger partial charge in [0.25, 0.3) is 0 Å². The number of rotatable bonds is 9. The van der Waals surface area contributed by atoms with E-state index in [1.165, 1.54) is 12.1 Å². The SMILES string of the molecule is CNc1ccc(-c2ccc(OCc3ccccc3)nc2OCc2ccccc2)cc1F.Fc1cc(Cl)ccc1N1CCCC1. The van der Waals surface area contributed by atoms with Gasteiger partial charge in [-0.2, -0.15) is 4.98 Å². The topological polar surface area (TPSA) is 46.6 Å². The lowest BCUT2D eigenvalue weighted by molar-refractivity contribution is 0.268. The summed E-state index contributed by atoms with van der Waals surface area (Å²) in [5.74, 6) is 0.293. The predicted octanol–water partition coefficient (Wildman–Crippen LogP) is 9.17. The molecule has 0 spiro atoms. The van der Waals surface area contributed by atoms with Gasteiger partial charge in [-0.3, -0.25) is 0 Å². The van der Waals surface area contributed by atoms with Crippen molar-refractivity contribution < 1.29 is 18.3 Å². The maximum atomic E-state index is 14.4. The Hall–Kier alpha value is -4.62. The Morgan fingerprint density at radius 2 is 1.41 bits per heavy atom. The number of hydrogen-bond donors (Lipinski definition) is 1. The normalized spacial score (nSPS) is 12.3. The molecule has 0 atom stereocenters. The molecule has 2 heterocycles. The summed E-state index contributed by atoms with van der Waals surface area (Å²) in [4.78, 5) is 6.63. The molecular weight excluding hydrogens is 580 g/mol. The molecule has 0 bridgehead atoms. The van der Waals surface area contributed by atoms with E-state index < -0.39 is 0 Å². The predicted molar refractivity (Wildman–Crippen MR) is 174 cm³/mol. The minimum atomic E-state index is -0.335. The van der Waals surface area contributed by atoms with E-state index in [4.69, 9.17) is 21.1 Å². The highest BCUT2D eigenvalue weighted by Crippen LogP contribution is 2.33. The zero-order chi connectivity index (χ0) is 30.7. The summed E-state index contributed by atoms with van der Waals surface area (Å²) in [6.45, 7) is 2.66. The highest BCUT2D eigenvalue weighted by Gasteiger charge is 2.16. The van der Waals surface area contributed by atoms with Crippen molar-refractivity contribution in [2.24, 2.45) is 0 Å². The quantitative estimate of drug-likeness (QED) is 0.180. The van der Waals surface area contributed by atoms with Crippen molar-refractivity contribution in [3.05, 3.63) is 137 Å². The second kappa shape index (κ2) is 15.2. The van der Waals surface area contributed by atoms with Crippen molar-refractivity contribution in [2.75, 3.05) is 30.4 Å². The molecule has 1 aliphatic heterocycles. The van der Waals surface area contributed by atoms with Crippen LogP contribution in [-0.2, 0) is 13.2 Å². The van der Waals surface area contributed by atoms with Gasteiger partial charge in [-0.25, -0.2) is 8.78 Å².